The molecule has 0 saturated carbocycles. The van der Waals surface area contributed by atoms with Crippen LogP contribution in [0.25, 0.3) is 6.08 Å². The van der Waals surface area contributed by atoms with Gasteiger partial charge in [0.1, 0.15) is 5.82 Å². The molecule has 98 valence electrons. The van der Waals surface area contributed by atoms with E-state index in [1.807, 2.05) is 30.3 Å². The van der Waals surface area contributed by atoms with Crippen molar-refractivity contribution in [1.29, 1.82) is 0 Å². The Morgan fingerprint density at radius 1 is 1.00 bits per heavy atom. The highest BCUT2D eigenvalue weighted by atomic mass is 19.1. The van der Waals surface area contributed by atoms with Crippen LogP contribution in [-0.2, 0) is 4.79 Å². The molecule has 1 aliphatic heterocycles. The van der Waals surface area contributed by atoms with Gasteiger partial charge < -0.3 is 0 Å². The smallest absolute Gasteiger partial charge is 0.267 e. The average molecular weight is 266 g/mol. The number of amides is 1. The summed E-state index contributed by atoms with van der Waals surface area (Å²) in [5, 5.41) is 5.44. The molecule has 20 heavy (non-hydrogen) atoms. The number of carbonyl (C=O) groups excluding carboxylic acids is 1. The Morgan fingerprint density at radius 2 is 1.70 bits per heavy atom. The molecule has 0 atom stereocenters. The first-order chi connectivity index (χ1) is 9.74. The summed E-state index contributed by atoms with van der Waals surface area (Å²) in [6.07, 6.45) is 3.20. The molecule has 0 aromatic heterocycles. The molecule has 2 aromatic rings. The summed E-state index contributed by atoms with van der Waals surface area (Å²) in [7, 11) is 0. The molecule has 0 N–H and O–H groups in total. The number of hydrogen-bond donors (Lipinski definition) is 0. The van der Waals surface area contributed by atoms with E-state index in [9.17, 15) is 9.18 Å². The number of benzene rings is 2. The van der Waals surface area contributed by atoms with Crippen LogP contribution in [0, 0.1) is 5.82 Å². The Balaban J connectivity index is 1.86. The molecule has 3 nitrogen and oxygen atoms in total. The minimum absolute atomic E-state index is 0.194. The SMILES string of the molecule is O=C1C(=Cc2ccc(F)cc2)C=NN1c1ccccc1. The molecule has 0 aliphatic carbocycles. The maximum Gasteiger partial charge on any atom is 0.280 e. The number of rotatable bonds is 2. The second-order valence-corrected chi connectivity index (χ2v) is 4.35. The van der Waals surface area contributed by atoms with Crippen molar-refractivity contribution in [3.05, 3.63) is 71.6 Å². The highest BCUT2D eigenvalue weighted by molar-refractivity contribution is 6.25. The second-order valence-electron chi connectivity index (χ2n) is 4.35. The molecular weight excluding hydrogens is 255 g/mol. The number of carbonyl (C=O) groups is 1. The lowest BCUT2D eigenvalue weighted by Crippen LogP contribution is -2.20. The summed E-state index contributed by atoms with van der Waals surface area (Å²) in [6, 6.07) is 15.2. The lowest BCUT2D eigenvalue weighted by Gasteiger charge is -2.11. The van der Waals surface area contributed by atoms with Crippen LogP contribution in [-0.4, -0.2) is 12.1 Å². The van der Waals surface area contributed by atoms with Crippen LogP contribution in [0.5, 0.6) is 0 Å². The summed E-state index contributed by atoms with van der Waals surface area (Å²) in [6.45, 7) is 0. The number of nitrogens with zero attached hydrogens (tertiary/aromatic N) is 2. The van der Waals surface area contributed by atoms with Crippen LogP contribution in [0.15, 0.2) is 65.3 Å². The van der Waals surface area contributed by atoms with Gasteiger partial charge in [-0.15, -0.1) is 0 Å². The van der Waals surface area contributed by atoms with Crippen molar-refractivity contribution in [2.45, 2.75) is 0 Å². The molecule has 4 heteroatoms. The maximum absolute atomic E-state index is 12.8. The van der Waals surface area contributed by atoms with Crippen molar-refractivity contribution in [2.75, 3.05) is 5.01 Å². The Labute approximate surface area is 115 Å². The van der Waals surface area contributed by atoms with Crippen LogP contribution in [0.1, 0.15) is 5.56 Å². The topological polar surface area (TPSA) is 32.7 Å². The Hall–Kier alpha value is -2.75. The molecule has 0 unspecified atom stereocenters. The molecule has 1 heterocycles. The molecule has 1 aliphatic rings. The van der Waals surface area contributed by atoms with E-state index < -0.39 is 0 Å². The summed E-state index contributed by atoms with van der Waals surface area (Å²) in [4.78, 5) is 12.2. The van der Waals surface area contributed by atoms with Gasteiger partial charge in [-0.25, -0.2) is 4.39 Å². The first-order valence-corrected chi connectivity index (χ1v) is 6.15. The van der Waals surface area contributed by atoms with Crippen LogP contribution >= 0.6 is 0 Å². The van der Waals surface area contributed by atoms with E-state index in [4.69, 9.17) is 0 Å². The molecule has 0 spiro atoms. The van der Waals surface area contributed by atoms with Crippen LogP contribution in [0.4, 0.5) is 10.1 Å². The van der Waals surface area contributed by atoms with Crippen molar-refractivity contribution < 1.29 is 9.18 Å². The van der Waals surface area contributed by atoms with Gasteiger partial charge >= 0.3 is 0 Å². The number of hydrogen-bond acceptors (Lipinski definition) is 2. The minimum atomic E-state index is -0.301. The number of hydrazone groups is 1. The van der Waals surface area contributed by atoms with Gasteiger partial charge in [-0.05, 0) is 35.9 Å². The summed E-state index contributed by atoms with van der Waals surface area (Å²) < 4.78 is 12.8. The predicted octanol–water partition coefficient (Wildman–Crippen LogP) is 3.24. The van der Waals surface area contributed by atoms with E-state index in [1.54, 1.807) is 18.2 Å². The molecule has 1 amide bonds. The fourth-order valence-corrected chi connectivity index (χ4v) is 1.94. The largest absolute Gasteiger partial charge is 0.280 e. The predicted molar refractivity (Wildman–Crippen MR) is 76.8 cm³/mol. The quantitative estimate of drug-likeness (QED) is 0.768. The van der Waals surface area contributed by atoms with Gasteiger partial charge in [0.25, 0.3) is 5.91 Å². The van der Waals surface area contributed by atoms with Crippen molar-refractivity contribution in [3.63, 3.8) is 0 Å². The van der Waals surface area contributed by atoms with E-state index in [-0.39, 0.29) is 11.7 Å². The van der Waals surface area contributed by atoms with E-state index in [0.717, 1.165) is 11.3 Å². The number of para-hydroxylation sites is 1. The standard InChI is InChI=1S/C16H11FN2O/c17-14-8-6-12(7-9-14)10-13-11-18-19(16(13)20)15-4-2-1-3-5-15/h1-11H. The molecule has 0 bridgehead atoms. The number of anilines is 1. The lowest BCUT2D eigenvalue weighted by molar-refractivity contribution is -0.114. The Morgan fingerprint density at radius 3 is 2.40 bits per heavy atom. The third kappa shape index (κ3) is 2.36. The van der Waals surface area contributed by atoms with Crippen molar-refractivity contribution >= 4 is 23.9 Å². The zero-order valence-electron chi connectivity index (χ0n) is 10.5. The highest BCUT2D eigenvalue weighted by Crippen LogP contribution is 2.21. The fraction of sp³-hybridized carbons (Fsp3) is 0. The molecule has 3 rings (SSSR count). The van der Waals surface area contributed by atoms with E-state index >= 15 is 0 Å². The average Bonchev–Trinajstić information content (AvgIpc) is 2.84. The highest BCUT2D eigenvalue weighted by Gasteiger charge is 2.23. The monoisotopic (exact) mass is 266 g/mol. The molecule has 2 aromatic carbocycles. The molecule has 0 saturated heterocycles. The minimum Gasteiger partial charge on any atom is -0.267 e. The first-order valence-electron chi connectivity index (χ1n) is 6.15. The van der Waals surface area contributed by atoms with Gasteiger partial charge in [-0.2, -0.15) is 10.1 Å². The zero-order valence-corrected chi connectivity index (χ0v) is 10.5. The first kappa shape index (κ1) is 12.3. The third-order valence-electron chi connectivity index (χ3n) is 2.94. The normalized spacial score (nSPS) is 16.1. The van der Waals surface area contributed by atoms with Gasteiger partial charge in [0.05, 0.1) is 17.5 Å². The van der Waals surface area contributed by atoms with Gasteiger partial charge in [-0.3, -0.25) is 4.79 Å². The van der Waals surface area contributed by atoms with Gasteiger partial charge in [-0.1, -0.05) is 30.3 Å². The molecule has 0 radical (unpaired) electrons. The van der Waals surface area contributed by atoms with Crippen LogP contribution in [0.2, 0.25) is 0 Å². The van der Waals surface area contributed by atoms with Gasteiger partial charge in [0.2, 0.25) is 0 Å². The molecular formula is C16H11FN2O. The van der Waals surface area contributed by atoms with E-state index in [1.165, 1.54) is 23.4 Å². The van der Waals surface area contributed by atoms with Gasteiger partial charge in [0.15, 0.2) is 0 Å². The maximum atomic E-state index is 12.8. The third-order valence-corrected chi connectivity index (χ3v) is 2.94. The van der Waals surface area contributed by atoms with E-state index in [2.05, 4.69) is 5.10 Å². The van der Waals surface area contributed by atoms with Crippen molar-refractivity contribution in [3.8, 4) is 0 Å². The second kappa shape index (κ2) is 5.09. The van der Waals surface area contributed by atoms with Crippen molar-refractivity contribution in [1.82, 2.24) is 0 Å². The lowest BCUT2D eigenvalue weighted by atomic mass is 10.1. The summed E-state index contributed by atoms with van der Waals surface area (Å²) in [5.74, 6) is -0.495. The Bertz CT molecular complexity index is 690. The summed E-state index contributed by atoms with van der Waals surface area (Å²) >= 11 is 0. The van der Waals surface area contributed by atoms with Crippen LogP contribution in [0.3, 0.4) is 0 Å². The number of halogens is 1. The van der Waals surface area contributed by atoms with Gasteiger partial charge in [0, 0.05) is 0 Å². The fourth-order valence-electron chi connectivity index (χ4n) is 1.94. The molecule has 0 fully saturated rings. The zero-order chi connectivity index (χ0) is 13.9. The Kier molecular flexibility index (Phi) is 3.13. The summed E-state index contributed by atoms with van der Waals surface area (Å²) in [5.41, 5.74) is 1.95. The van der Waals surface area contributed by atoms with E-state index in [0.29, 0.717) is 5.57 Å². The van der Waals surface area contributed by atoms with Crippen molar-refractivity contribution in [2.24, 2.45) is 5.10 Å². The van der Waals surface area contributed by atoms with Crippen LogP contribution < -0.4 is 5.01 Å².